The van der Waals surface area contributed by atoms with Gasteiger partial charge in [-0.05, 0) is 80.0 Å². The molecule has 13 heteroatoms. The standard InChI is InChI=1S/C45H46Cl2F3N3O5/c1-42(2,57)34-19-17-29(21-58-34)51-40(55)38-35(30-14-9-15-32(47)36(30)50)45(31-18-16-28(46)20-33(31)52-41(45)56)44(22-43(23-44,24-48)25-49)53(38)37(26-10-5-3-6-11-26)39(54)27-12-7-4-8-13-27/h3-16,18,20,29,34-35,37-39,54,57H,17,19,21-25H2,1-2H3,(H,51,55)(H,52,56)/t29-,34+,35+,37-,38-,39+,45?/m1/s1. The van der Waals surface area contributed by atoms with Crippen LogP contribution in [0.15, 0.2) is 97.1 Å². The maximum atomic E-state index is 17.0. The van der Waals surface area contributed by atoms with Crippen molar-refractivity contribution >= 4 is 40.7 Å². The summed E-state index contributed by atoms with van der Waals surface area (Å²) in [4.78, 5) is 32.8. The van der Waals surface area contributed by atoms with Crippen LogP contribution in [0.2, 0.25) is 10.0 Å². The van der Waals surface area contributed by atoms with Gasteiger partial charge in [0.05, 0.1) is 60.9 Å². The zero-order valence-corrected chi connectivity index (χ0v) is 33.6. The molecule has 4 aromatic rings. The van der Waals surface area contributed by atoms with Gasteiger partial charge in [0.25, 0.3) is 0 Å². The van der Waals surface area contributed by atoms with Crippen molar-refractivity contribution in [3.8, 4) is 0 Å². The summed E-state index contributed by atoms with van der Waals surface area (Å²) in [7, 11) is 0. The molecule has 8 nitrogen and oxygen atoms in total. The van der Waals surface area contributed by atoms with Crippen LogP contribution in [0.3, 0.4) is 0 Å². The minimum absolute atomic E-state index is 0.0477. The van der Waals surface area contributed by atoms with E-state index in [4.69, 9.17) is 27.9 Å². The van der Waals surface area contributed by atoms with Crippen LogP contribution in [0.1, 0.15) is 79.8 Å². The third kappa shape index (κ3) is 6.35. The monoisotopic (exact) mass is 835 g/mol. The van der Waals surface area contributed by atoms with Gasteiger partial charge in [-0.2, -0.15) is 0 Å². The van der Waals surface area contributed by atoms with E-state index in [1.165, 1.54) is 12.1 Å². The van der Waals surface area contributed by atoms with E-state index >= 15 is 22.8 Å². The second kappa shape index (κ2) is 15.2. The lowest BCUT2D eigenvalue weighted by Crippen LogP contribution is -2.72. The van der Waals surface area contributed by atoms with E-state index < -0.39 is 89.2 Å². The number of alkyl halides is 2. The molecule has 4 aromatic carbocycles. The van der Waals surface area contributed by atoms with Crippen LogP contribution < -0.4 is 10.6 Å². The van der Waals surface area contributed by atoms with Crippen molar-refractivity contribution in [3.05, 3.63) is 135 Å². The minimum Gasteiger partial charge on any atom is -0.388 e. The molecule has 7 atom stereocenters. The summed E-state index contributed by atoms with van der Waals surface area (Å²) in [5.74, 6) is -3.43. The van der Waals surface area contributed by atoms with Crippen LogP contribution in [0, 0.1) is 11.2 Å². The number of carbonyl (C=O) groups excluding carboxylic acids is 2. The van der Waals surface area contributed by atoms with Gasteiger partial charge in [-0.3, -0.25) is 23.3 Å². The number of nitrogens with one attached hydrogen (secondary N) is 2. The Balaban J connectivity index is 1.43. The average Bonchev–Trinajstić information content (AvgIpc) is 3.63. The highest BCUT2D eigenvalue weighted by molar-refractivity contribution is 6.31. The molecule has 3 fully saturated rings. The third-order valence-corrected chi connectivity index (χ3v) is 13.6. The second-order valence-corrected chi connectivity index (χ2v) is 17.9. The predicted octanol–water partition coefficient (Wildman–Crippen LogP) is 8.16. The van der Waals surface area contributed by atoms with E-state index in [1.54, 1.807) is 104 Å². The average molecular weight is 837 g/mol. The maximum absolute atomic E-state index is 17.0. The number of likely N-dealkylation sites (tertiary alicyclic amines) is 1. The molecule has 1 saturated carbocycles. The Kier molecular flexibility index (Phi) is 10.7. The molecule has 4 aliphatic rings. The Morgan fingerprint density at radius 1 is 0.966 bits per heavy atom. The Labute approximate surface area is 345 Å². The summed E-state index contributed by atoms with van der Waals surface area (Å²) in [5.41, 5.74) is -4.47. The molecule has 306 valence electrons. The molecule has 1 aliphatic carbocycles. The van der Waals surface area contributed by atoms with Crippen LogP contribution in [-0.4, -0.2) is 76.2 Å². The molecule has 3 aliphatic heterocycles. The summed E-state index contributed by atoms with van der Waals surface area (Å²) in [6.45, 7) is 1.25. The first-order valence-electron chi connectivity index (χ1n) is 19.6. The molecule has 2 saturated heterocycles. The van der Waals surface area contributed by atoms with Gasteiger partial charge >= 0.3 is 0 Å². The molecule has 8 rings (SSSR count). The van der Waals surface area contributed by atoms with Gasteiger partial charge in [0.15, 0.2) is 0 Å². The first-order chi connectivity index (χ1) is 27.7. The van der Waals surface area contributed by atoms with Gasteiger partial charge in [0.2, 0.25) is 11.8 Å². The number of aliphatic hydroxyl groups is 2. The number of benzene rings is 4. The molecule has 3 heterocycles. The van der Waals surface area contributed by atoms with Gasteiger partial charge in [0.1, 0.15) is 11.2 Å². The zero-order chi connectivity index (χ0) is 41.2. The van der Waals surface area contributed by atoms with Crippen molar-refractivity contribution in [1.29, 1.82) is 0 Å². The van der Waals surface area contributed by atoms with E-state index in [0.717, 1.165) is 0 Å². The Hall–Kier alpha value is -3.97. The molecular weight excluding hydrogens is 790 g/mol. The van der Waals surface area contributed by atoms with E-state index in [0.29, 0.717) is 40.2 Å². The minimum atomic E-state index is -1.88. The van der Waals surface area contributed by atoms with Crippen molar-refractivity contribution in [2.75, 3.05) is 25.3 Å². The van der Waals surface area contributed by atoms with Gasteiger partial charge in [-0.1, -0.05) is 102 Å². The first-order valence-corrected chi connectivity index (χ1v) is 20.3. The van der Waals surface area contributed by atoms with Gasteiger partial charge < -0.3 is 25.6 Å². The summed E-state index contributed by atoms with van der Waals surface area (Å²) in [6, 6.07) is 23.9. The van der Waals surface area contributed by atoms with Crippen LogP contribution in [-0.2, 0) is 19.7 Å². The quantitative estimate of drug-likeness (QED) is 0.128. The van der Waals surface area contributed by atoms with Crippen molar-refractivity contribution in [3.63, 3.8) is 0 Å². The highest BCUT2D eigenvalue weighted by Crippen LogP contribution is 2.74. The number of aliphatic hydroxyl groups excluding tert-OH is 1. The fourth-order valence-electron chi connectivity index (χ4n) is 10.7. The van der Waals surface area contributed by atoms with E-state index in [1.807, 2.05) is 0 Å². The van der Waals surface area contributed by atoms with E-state index in [-0.39, 0.29) is 30.0 Å². The molecule has 1 unspecified atom stereocenters. The lowest BCUT2D eigenvalue weighted by atomic mass is 9.45. The van der Waals surface area contributed by atoms with E-state index in [2.05, 4.69) is 10.6 Å². The van der Waals surface area contributed by atoms with Crippen molar-refractivity contribution in [2.45, 2.75) is 92.3 Å². The topological polar surface area (TPSA) is 111 Å². The first kappa shape index (κ1) is 40.8. The lowest BCUT2D eigenvalue weighted by Gasteiger charge is -2.63. The zero-order valence-electron chi connectivity index (χ0n) is 32.1. The fourth-order valence-corrected chi connectivity index (χ4v) is 11.0. The molecule has 0 radical (unpaired) electrons. The van der Waals surface area contributed by atoms with Crippen molar-refractivity contribution < 1.29 is 37.7 Å². The summed E-state index contributed by atoms with van der Waals surface area (Å²) in [6.07, 6.45) is -1.49. The maximum Gasteiger partial charge on any atom is 0.238 e. The van der Waals surface area contributed by atoms with Gasteiger partial charge in [0, 0.05) is 27.6 Å². The van der Waals surface area contributed by atoms with E-state index in [9.17, 15) is 10.2 Å². The van der Waals surface area contributed by atoms with Crippen LogP contribution in [0.5, 0.6) is 0 Å². The number of hydrogen-bond acceptors (Lipinski definition) is 6. The number of carbonyl (C=O) groups is 2. The highest BCUT2D eigenvalue weighted by atomic mass is 35.5. The van der Waals surface area contributed by atoms with Gasteiger partial charge in [-0.15, -0.1) is 0 Å². The number of ether oxygens (including phenoxy) is 1. The normalized spacial score (nSPS) is 27.2. The molecule has 0 bridgehead atoms. The second-order valence-electron chi connectivity index (χ2n) is 17.0. The number of fused-ring (bicyclic) bond motifs is 3. The Morgan fingerprint density at radius 3 is 2.22 bits per heavy atom. The number of nitrogens with zero attached hydrogens (tertiary/aromatic N) is 1. The largest absolute Gasteiger partial charge is 0.388 e. The molecule has 2 amide bonds. The number of amides is 2. The lowest BCUT2D eigenvalue weighted by molar-refractivity contribution is -0.166. The van der Waals surface area contributed by atoms with Crippen LogP contribution in [0.4, 0.5) is 18.9 Å². The van der Waals surface area contributed by atoms with Crippen molar-refractivity contribution in [1.82, 2.24) is 10.2 Å². The van der Waals surface area contributed by atoms with Gasteiger partial charge in [-0.25, -0.2) is 4.39 Å². The fraction of sp³-hybridized carbons (Fsp3) is 0.422. The molecule has 4 N–H and O–H groups in total. The number of anilines is 1. The summed E-state index contributed by atoms with van der Waals surface area (Å²) >= 11 is 13.0. The summed E-state index contributed by atoms with van der Waals surface area (Å²) < 4.78 is 53.7. The highest BCUT2D eigenvalue weighted by Gasteiger charge is 2.82. The van der Waals surface area contributed by atoms with Crippen molar-refractivity contribution in [2.24, 2.45) is 5.41 Å². The predicted molar refractivity (Wildman–Crippen MR) is 216 cm³/mol. The van der Waals surface area contributed by atoms with Crippen LogP contribution >= 0.6 is 23.2 Å². The summed E-state index contributed by atoms with van der Waals surface area (Å²) in [5, 5.41) is 29.6. The molecule has 0 aromatic heterocycles. The molecular formula is C45H46Cl2F3N3O5. The molecule has 2 spiro atoms. The smallest absolute Gasteiger partial charge is 0.238 e. The number of halogens is 5. The number of rotatable bonds is 10. The Bertz CT molecular complexity index is 2170. The van der Waals surface area contributed by atoms with Crippen LogP contribution in [0.25, 0.3) is 0 Å². The number of hydrogen-bond donors (Lipinski definition) is 4. The Morgan fingerprint density at radius 2 is 1.62 bits per heavy atom. The SMILES string of the molecule is CC(C)(O)[C@@H]1CC[C@@H](NC(=O)[C@H]2[C@H](c3cccc(Cl)c3F)C3(C(=O)Nc4cc(Cl)ccc43)C3(CC(CF)(CF)C3)N2[C@H](c2ccccc2)[C@@H](O)c2ccccc2)CO1. The molecule has 58 heavy (non-hydrogen) atoms. The third-order valence-electron chi connectivity index (χ3n) is 13.1.